The van der Waals surface area contributed by atoms with Gasteiger partial charge >= 0.3 is 0 Å². The molecule has 122 valence electrons. The van der Waals surface area contributed by atoms with Crippen molar-refractivity contribution in [3.63, 3.8) is 0 Å². The van der Waals surface area contributed by atoms with Crippen LogP contribution in [0.15, 0.2) is 48.5 Å². The maximum absolute atomic E-state index is 13.6. The lowest BCUT2D eigenvalue weighted by molar-refractivity contribution is -0.0439. The Morgan fingerprint density at radius 1 is 1.17 bits per heavy atom. The van der Waals surface area contributed by atoms with Crippen molar-refractivity contribution >= 4 is 0 Å². The first kappa shape index (κ1) is 15.8. The van der Waals surface area contributed by atoms with Gasteiger partial charge in [0.25, 0.3) is 0 Å². The molecule has 2 unspecified atom stereocenters. The molecule has 1 aliphatic heterocycles. The number of hydrogen-bond donors (Lipinski definition) is 1. The van der Waals surface area contributed by atoms with Gasteiger partial charge in [-0.3, -0.25) is 0 Å². The van der Waals surface area contributed by atoms with Crippen molar-refractivity contribution in [1.29, 1.82) is 0 Å². The van der Waals surface area contributed by atoms with Crippen molar-refractivity contribution in [3.8, 4) is 11.5 Å². The molecule has 2 atom stereocenters. The Morgan fingerprint density at radius 3 is 2.70 bits per heavy atom. The Hall–Kier alpha value is -2.11. The fourth-order valence-corrected chi connectivity index (χ4v) is 2.66. The van der Waals surface area contributed by atoms with Gasteiger partial charge in [0, 0.05) is 19.2 Å². The van der Waals surface area contributed by atoms with Gasteiger partial charge in [0.2, 0.25) is 0 Å². The summed E-state index contributed by atoms with van der Waals surface area (Å²) in [5.74, 6) is 0.502. The van der Waals surface area contributed by atoms with E-state index in [1.807, 2.05) is 30.3 Å². The normalized spacial score (nSPS) is 19.1. The molecule has 1 heterocycles. The van der Waals surface area contributed by atoms with Crippen molar-refractivity contribution in [3.05, 3.63) is 59.9 Å². The standard InChI is InChI=1S/C18H20FNO3/c1-21-15-8-7-14(19)11-16(15)23-18(13-5-3-2-4-6-13)17-12-20-9-10-22-17/h2-8,11,17-18,20H,9-10,12H2,1H3. The fraction of sp³-hybridized carbons (Fsp3) is 0.333. The van der Waals surface area contributed by atoms with Gasteiger partial charge in [-0.05, 0) is 17.7 Å². The number of benzene rings is 2. The minimum absolute atomic E-state index is 0.154. The van der Waals surface area contributed by atoms with Crippen LogP contribution in [0.4, 0.5) is 4.39 Å². The van der Waals surface area contributed by atoms with Crippen molar-refractivity contribution in [2.45, 2.75) is 12.2 Å². The average molecular weight is 317 g/mol. The second kappa shape index (κ2) is 7.44. The van der Waals surface area contributed by atoms with E-state index in [1.54, 1.807) is 6.07 Å². The number of morpholine rings is 1. The van der Waals surface area contributed by atoms with Crippen molar-refractivity contribution < 1.29 is 18.6 Å². The summed E-state index contributed by atoms with van der Waals surface area (Å²) in [6.07, 6.45) is -0.501. The third-order valence-electron chi connectivity index (χ3n) is 3.80. The molecule has 0 aromatic heterocycles. The van der Waals surface area contributed by atoms with Crippen LogP contribution in [0, 0.1) is 5.82 Å². The molecule has 3 rings (SSSR count). The van der Waals surface area contributed by atoms with Gasteiger partial charge in [-0.1, -0.05) is 30.3 Å². The fourth-order valence-electron chi connectivity index (χ4n) is 2.66. The highest BCUT2D eigenvalue weighted by atomic mass is 19.1. The van der Waals surface area contributed by atoms with Crippen LogP contribution in [-0.4, -0.2) is 32.9 Å². The summed E-state index contributed by atoms with van der Waals surface area (Å²) in [4.78, 5) is 0. The highest BCUT2D eigenvalue weighted by molar-refractivity contribution is 5.40. The van der Waals surface area contributed by atoms with Gasteiger partial charge in [0.15, 0.2) is 17.6 Å². The number of ether oxygens (including phenoxy) is 3. The highest BCUT2D eigenvalue weighted by Crippen LogP contribution is 2.34. The molecular formula is C18H20FNO3. The molecule has 0 radical (unpaired) electrons. The summed E-state index contributed by atoms with van der Waals surface area (Å²) in [7, 11) is 1.54. The second-order valence-corrected chi connectivity index (χ2v) is 5.36. The second-order valence-electron chi connectivity index (χ2n) is 5.36. The molecule has 5 heteroatoms. The third-order valence-corrected chi connectivity index (χ3v) is 3.80. The molecule has 0 saturated carbocycles. The zero-order chi connectivity index (χ0) is 16.1. The van der Waals surface area contributed by atoms with Crippen LogP contribution >= 0.6 is 0 Å². The lowest BCUT2D eigenvalue weighted by Gasteiger charge is -2.32. The molecule has 4 nitrogen and oxygen atoms in total. The quantitative estimate of drug-likeness (QED) is 0.920. The van der Waals surface area contributed by atoms with Crippen LogP contribution in [0.1, 0.15) is 11.7 Å². The Balaban J connectivity index is 1.91. The molecule has 1 fully saturated rings. The summed E-state index contributed by atoms with van der Waals surface area (Å²) < 4.78 is 30.8. The minimum Gasteiger partial charge on any atom is -0.493 e. The van der Waals surface area contributed by atoms with E-state index >= 15 is 0 Å². The Morgan fingerprint density at radius 2 is 2.00 bits per heavy atom. The number of hydrogen-bond acceptors (Lipinski definition) is 4. The molecule has 23 heavy (non-hydrogen) atoms. The number of rotatable bonds is 5. The molecule has 1 aliphatic rings. The smallest absolute Gasteiger partial charge is 0.165 e. The van der Waals surface area contributed by atoms with Crippen LogP contribution in [-0.2, 0) is 4.74 Å². The molecule has 1 saturated heterocycles. The summed E-state index contributed by atoms with van der Waals surface area (Å²) in [5.41, 5.74) is 0.979. The first-order chi connectivity index (χ1) is 11.3. The Labute approximate surface area is 135 Å². The topological polar surface area (TPSA) is 39.7 Å². The largest absolute Gasteiger partial charge is 0.493 e. The maximum Gasteiger partial charge on any atom is 0.165 e. The van der Waals surface area contributed by atoms with E-state index in [-0.39, 0.29) is 18.0 Å². The van der Waals surface area contributed by atoms with Crippen LogP contribution < -0.4 is 14.8 Å². The molecule has 0 spiro atoms. The van der Waals surface area contributed by atoms with Crippen molar-refractivity contribution in [1.82, 2.24) is 5.32 Å². The monoisotopic (exact) mass is 317 g/mol. The van der Waals surface area contributed by atoms with Gasteiger partial charge in [0.1, 0.15) is 11.9 Å². The lowest BCUT2D eigenvalue weighted by atomic mass is 10.0. The predicted octanol–water partition coefficient (Wildman–Crippen LogP) is 2.94. The van der Waals surface area contributed by atoms with Crippen molar-refractivity contribution in [2.75, 3.05) is 26.8 Å². The summed E-state index contributed by atoms with van der Waals surface area (Å²) in [6.45, 7) is 2.12. The highest BCUT2D eigenvalue weighted by Gasteiger charge is 2.28. The maximum atomic E-state index is 13.6. The lowest BCUT2D eigenvalue weighted by Crippen LogP contribution is -2.43. The van der Waals surface area contributed by atoms with Gasteiger partial charge in [-0.2, -0.15) is 0 Å². The van der Waals surface area contributed by atoms with Gasteiger partial charge in [-0.25, -0.2) is 4.39 Å². The number of methoxy groups -OCH3 is 1. The van der Waals surface area contributed by atoms with Gasteiger partial charge in [-0.15, -0.1) is 0 Å². The molecule has 2 aromatic rings. The number of nitrogens with one attached hydrogen (secondary N) is 1. The molecule has 0 amide bonds. The first-order valence-electron chi connectivity index (χ1n) is 7.65. The summed E-state index contributed by atoms with van der Waals surface area (Å²) in [5, 5.41) is 3.30. The van der Waals surface area contributed by atoms with E-state index in [4.69, 9.17) is 14.2 Å². The van der Waals surface area contributed by atoms with E-state index in [1.165, 1.54) is 19.2 Å². The Bertz CT molecular complexity index is 629. The van der Waals surface area contributed by atoms with E-state index in [2.05, 4.69) is 5.32 Å². The molecule has 2 aromatic carbocycles. The predicted molar refractivity (Wildman–Crippen MR) is 85.4 cm³/mol. The minimum atomic E-state index is -0.365. The first-order valence-corrected chi connectivity index (χ1v) is 7.65. The van der Waals surface area contributed by atoms with E-state index in [9.17, 15) is 4.39 Å². The van der Waals surface area contributed by atoms with Crippen LogP contribution in [0.25, 0.3) is 0 Å². The number of halogens is 1. The van der Waals surface area contributed by atoms with Crippen LogP contribution in [0.2, 0.25) is 0 Å². The van der Waals surface area contributed by atoms with E-state index < -0.39 is 0 Å². The average Bonchev–Trinajstić information content (AvgIpc) is 2.61. The molecular weight excluding hydrogens is 297 g/mol. The summed E-state index contributed by atoms with van der Waals surface area (Å²) >= 11 is 0. The molecule has 0 aliphatic carbocycles. The van der Waals surface area contributed by atoms with Gasteiger partial charge in [0.05, 0.1) is 13.7 Å². The summed E-state index contributed by atoms with van der Waals surface area (Å²) in [6, 6.07) is 14.1. The third kappa shape index (κ3) is 3.81. The van der Waals surface area contributed by atoms with Crippen LogP contribution in [0.5, 0.6) is 11.5 Å². The molecule has 1 N–H and O–H groups in total. The molecule has 0 bridgehead atoms. The zero-order valence-corrected chi connectivity index (χ0v) is 13.0. The van der Waals surface area contributed by atoms with E-state index in [0.717, 1.165) is 12.1 Å². The zero-order valence-electron chi connectivity index (χ0n) is 13.0. The van der Waals surface area contributed by atoms with E-state index in [0.29, 0.717) is 24.7 Å². The Kier molecular flexibility index (Phi) is 5.10. The van der Waals surface area contributed by atoms with Crippen LogP contribution in [0.3, 0.4) is 0 Å². The SMILES string of the molecule is COc1ccc(F)cc1OC(c1ccccc1)C1CNCCO1. The van der Waals surface area contributed by atoms with Crippen molar-refractivity contribution in [2.24, 2.45) is 0 Å². The van der Waals surface area contributed by atoms with Gasteiger partial charge < -0.3 is 19.5 Å².